The zero-order valence-electron chi connectivity index (χ0n) is 16.3. The van der Waals surface area contributed by atoms with E-state index in [1.54, 1.807) is 24.3 Å². The summed E-state index contributed by atoms with van der Waals surface area (Å²) in [6.07, 6.45) is 2.29. The Morgan fingerprint density at radius 2 is 1.66 bits per heavy atom. The van der Waals surface area contributed by atoms with E-state index >= 15 is 0 Å². The minimum Gasteiger partial charge on any atom is -0.272 e. The van der Waals surface area contributed by atoms with E-state index in [-0.39, 0.29) is 35.8 Å². The second kappa shape index (κ2) is 7.99. The number of fused-ring (bicyclic) bond motifs is 1. The molecular weight excluding hydrogens is 388 g/mol. The number of rotatable bonds is 4. The lowest BCUT2D eigenvalue weighted by Gasteiger charge is -2.31. The predicted octanol–water partition coefficient (Wildman–Crippen LogP) is 4.32. The van der Waals surface area contributed by atoms with Crippen molar-refractivity contribution in [2.45, 2.75) is 32.7 Å². The van der Waals surface area contributed by atoms with Crippen molar-refractivity contribution in [3.63, 3.8) is 0 Å². The van der Waals surface area contributed by atoms with Gasteiger partial charge in [-0.15, -0.1) is 0 Å². The van der Waals surface area contributed by atoms with Gasteiger partial charge in [0.05, 0.1) is 29.0 Å². The van der Waals surface area contributed by atoms with Crippen molar-refractivity contribution in [1.29, 1.82) is 0 Å². The third-order valence-corrected chi connectivity index (χ3v) is 6.25. The lowest BCUT2D eigenvalue weighted by molar-refractivity contribution is -0.155. The van der Waals surface area contributed by atoms with E-state index in [0.717, 1.165) is 17.0 Å². The zero-order chi connectivity index (χ0) is 20.5. The summed E-state index contributed by atoms with van der Waals surface area (Å²) in [5, 5.41) is 2.65. The molecule has 2 aromatic carbocycles. The molecule has 1 aliphatic carbocycles. The second-order valence-corrected chi connectivity index (χ2v) is 8.35. The van der Waals surface area contributed by atoms with Crippen LogP contribution in [0.2, 0.25) is 5.02 Å². The van der Waals surface area contributed by atoms with Crippen LogP contribution in [0.15, 0.2) is 54.6 Å². The topological polar surface area (TPSA) is 57.7 Å². The number of carbonyl (C=O) groups excluding carboxylic acids is 3. The van der Waals surface area contributed by atoms with E-state index < -0.39 is 5.91 Å². The fraction of sp³-hybridized carbons (Fsp3) is 0.348. The monoisotopic (exact) mass is 410 g/mol. The van der Waals surface area contributed by atoms with Crippen molar-refractivity contribution in [2.75, 3.05) is 0 Å². The minimum atomic E-state index is -0.451. The van der Waals surface area contributed by atoms with Gasteiger partial charge < -0.3 is 0 Å². The molecule has 4 rings (SSSR count). The Labute approximate surface area is 175 Å². The van der Waals surface area contributed by atoms with Gasteiger partial charge in [-0.05, 0) is 42.9 Å². The van der Waals surface area contributed by atoms with Gasteiger partial charge in [0.1, 0.15) is 0 Å². The molecule has 2 aromatic rings. The first-order chi connectivity index (χ1) is 14.0. The summed E-state index contributed by atoms with van der Waals surface area (Å²) in [6, 6.07) is 16.0. The highest BCUT2D eigenvalue weighted by molar-refractivity contribution is 6.33. The van der Waals surface area contributed by atoms with Gasteiger partial charge in [0.2, 0.25) is 0 Å². The van der Waals surface area contributed by atoms with E-state index in [2.05, 4.69) is 6.92 Å². The summed E-state index contributed by atoms with van der Waals surface area (Å²) >= 11 is 6.25. The first-order valence-electron chi connectivity index (χ1n) is 9.95. The molecule has 150 valence electrons. The number of halogens is 1. The quantitative estimate of drug-likeness (QED) is 0.705. The molecule has 1 heterocycles. The maximum Gasteiger partial charge on any atom is 0.274 e. The van der Waals surface area contributed by atoms with Crippen LogP contribution in [-0.4, -0.2) is 27.7 Å². The van der Waals surface area contributed by atoms with Gasteiger partial charge in [-0.3, -0.25) is 14.4 Å². The van der Waals surface area contributed by atoms with Crippen molar-refractivity contribution in [3.05, 3.63) is 70.7 Å². The van der Waals surface area contributed by atoms with Crippen LogP contribution < -0.4 is 0 Å². The highest BCUT2D eigenvalue weighted by Crippen LogP contribution is 2.41. The van der Waals surface area contributed by atoms with Gasteiger partial charge in [0, 0.05) is 0 Å². The number of nitrogens with zero attached hydrogens (tertiary/aromatic N) is 2. The first kappa shape index (κ1) is 19.6. The third-order valence-electron chi connectivity index (χ3n) is 5.92. The Morgan fingerprint density at radius 1 is 1.00 bits per heavy atom. The van der Waals surface area contributed by atoms with Crippen molar-refractivity contribution in [3.8, 4) is 0 Å². The Hall–Kier alpha value is -2.66. The summed E-state index contributed by atoms with van der Waals surface area (Å²) in [7, 11) is 0. The van der Waals surface area contributed by atoms with Gasteiger partial charge in [0.25, 0.3) is 17.7 Å². The summed E-state index contributed by atoms with van der Waals surface area (Å²) < 4.78 is 0. The molecule has 1 saturated heterocycles. The van der Waals surface area contributed by atoms with E-state index in [1.807, 2.05) is 30.3 Å². The SMILES string of the molecule is C[C@@H]1CC[C@H]2C(=O)N(N(Cc3ccccc3)C(=O)c3ccccc3Cl)C(=O)[C@@H]2C1. The smallest absolute Gasteiger partial charge is 0.272 e. The Bertz CT molecular complexity index is 946. The third kappa shape index (κ3) is 3.67. The van der Waals surface area contributed by atoms with E-state index in [4.69, 9.17) is 11.6 Å². The highest BCUT2D eigenvalue weighted by Gasteiger charge is 2.52. The summed E-state index contributed by atoms with van der Waals surface area (Å²) in [4.78, 5) is 39.8. The maximum absolute atomic E-state index is 13.4. The van der Waals surface area contributed by atoms with Gasteiger partial charge in [-0.1, -0.05) is 61.0 Å². The molecule has 5 nitrogen and oxygen atoms in total. The number of hydrogen-bond acceptors (Lipinski definition) is 3. The standard InChI is InChI=1S/C23H23ClN2O3/c1-15-11-12-17-19(13-15)23(29)26(22(17)28)25(14-16-7-3-2-4-8-16)21(27)18-9-5-6-10-20(18)24/h2-10,15,17,19H,11-14H2,1H3/t15-,17-,19-/m1/s1. The molecule has 6 heteroatoms. The van der Waals surface area contributed by atoms with Crippen LogP contribution in [0, 0.1) is 17.8 Å². The molecule has 0 aromatic heterocycles. The van der Waals surface area contributed by atoms with Gasteiger partial charge >= 0.3 is 0 Å². The van der Waals surface area contributed by atoms with Gasteiger partial charge in [-0.25, -0.2) is 5.01 Å². The number of imide groups is 1. The highest BCUT2D eigenvalue weighted by atomic mass is 35.5. The number of hydrazine groups is 1. The fourth-order valence-corrected chi connectivity index (χ4v) is 4.59. The molecule has 0 unspecified atom stereocenters. The van der Waals surface area contributed by atoms with Crippen LogP contribution in [0.3, 0.4) is 0 Å². The predicted molar refractivity (Wildman–Crippen MR) is 110 cm³/mol. The van der Waals surface area contributed by atoms with Crippen LogP contribution in [0.25, 0.3) is 0 Å². The van der Waals surface area contributed by atoms with Crippen molar-refractivity contribution < 1.29 is 14.4 Å². The largest absolute Gasteiger partial charge is 0.274 e. The van der Waals surface area contributed by atoms with Crippen molar-refractivity contribution >= 4 is 29.3 Å². The van der Waals surface area contributed by atoms with Crippen molar-refractivity contribution in [1.82, 2.24) is 10.0 Å². The molecular formula is C23H23ClN2O3. The van der Waals surface area contributed by atoms with Crippen LogP contribution in [-0.2, 0) is 16.1 Å². The molecule has 0 radical (unpaired) electrons. The van der Waals surface area contributed by atoms with Gasteiger partial charge in [-0.2, -0.15) is 5.01 Å². The summed E-state index contributed by atoms with van der Waals surface area (Å²) in [5.41, 5.74) is 1.10. The van der Waals surface area contributed by atoms with E-state index in [9.17, 15) is 14.4 Å². The average Bonchev–Trinajstić information content (AvgIpc) is 2.96. The molecule has 1 aliphatic heterocycles. The number of carbonyl (C=O) groups is 3. The molecule has 29 heavy (non-hydrogen) atoms. The average molecular weight is 411 g/mol. The molecule has 0 N–H and O–H groups in total. The molecule has 0 spiro atoms. The Balaban J connectivity index is 1.72. The van der Waals surface area contributed by atoms with Crippen LogP contribution >= 0.6 is 11.6 Å². The molecule has 2 aliphatic rings. The Morgan fingerprint density at radius 3 is 2.38 bits per heavy atom. The molecule has 2 fully saturated rings. The fourth-order valence-electron chi connectivity index (χ4n) is 4.37. The van der Waals surface area contributed by atoms with E-state index in [0.29, 0.717) is 23.8 Å². The maximum atomic E-state index is 13.4. The van der Waals surface area contributed by atoms with Crippen molar-refractivity contribution in [2.24, 2.45) is 17.8 Å². The second-order valence-electron chi connectivity index (χ2n) is 7.95. The number of hydrogen-bond donors (Lipinski definition) is 0. The number of amides is 3. The van der Waals surface area contributed by atoms with Crippen LogP contribution in [0.4, 0.5) is 0 Å². The normalized spacial score (nSPS) is 23.8. The van der Waals surface area contributed by atoms with Crippen LogP contribution in [0.5, 0.6) is 0 Å². The van der Waals surface area contributed by atoms with Gasteiger partial charge in [0.15, 0.2) is 0 Å². The Kier molecular flexibility index (Phi) is 5.41. The van der Waals surface area contributed by atoms with E-state index in [1.165, 1.54) is 5.01 Å². The lowest BCUT2D eigenvalue weighted by atomic mass is 9.76. The summed E-state index contributed by atoms with van der Waals surface area (Å²) in [5.74, 6) is -1.28. The molecule has 1 saturated carbocycles. The van der Waals surface area contributed by atoms with Crippen LogP contribution in [0.1, 0.15) is 42.1 Å². The molecule has 0 bridgehead atoms. The lowest BCUT2D eigenvalue weighted by Crippen LogP contribution is -2.49. The molecule has 3 amide bonds. The minimum absolute atomic E-state index is 0.122. The zero-order valence-corrected chi connectivity index (χ0v) is 17.0. The summed E-state index contributed by atoms with van der Waals surface area (Å²) in [6.45, 7) is 2.23. The first-order valence-corrected chi connectivity index (χ1v) is 10.3. The molecule has 3 atom stereocenters. The number of benzene rings is 2.